The molecule has 0 saturated carbocycles. The molecule has 0 aliphatic rings. The first-order chi connectivity index (χ1) is 10.2. The summed E-state index contributed by atoms with van der Waals surface area (Å²) in [7, 11) is 3.37. The highest BCUT2D eigenvalue weighted by Gasteiger charge is 2.11. The first kappa shape index (κ1) is 15.3. The van der Waals surface area contributed by atoms with E-state index in [1.807, 2.05) is 19.2 Å². The van der Waals surface area contributed by atoms with Gasteiger partial charge >= 0.3 is 0 Å². The fourth-order valence-electron chi connectivity index (χ4n) is 1.97. The zero-order valence-electron chi connectivity index (χ0n) is 12.0. The molecule has 5 heteroatoms. The van der Waals surface area contributed by atoms with Crippen LogP contribution in [-0.4, -0.2) is 14.2 Å². The normalized spacial score (nSPS) is 10.5. The molecule has 21 heavy (non-hydrogen) atoms. The van der Waals surface area contributed by atoms with Crippen molar-refractivity contribution in [1.82, 2.24) is 5.32 Å². The molecule has 0 radical (unpaired) electrons. The Morgan fingerprint density at radius 1 is 1.05 bits per heavy atom. The van der Waals surface area contributed by atoms with Crippen molar-refractivity contribution in [3.8, 4) is 11.5 Å². The molecular weight excluding hydrogens is 276 g/mol. The van der Waals surface area contributed by atoms with Gasteiger partial charge in [0.05, 0.1) is 12.7 Å². The molecule has 0 aliphatic heterocycles. The Bertz CT molecular complexity index is 597. The monoisotopic (exact) mass is 293 g/mol. The van der Waals surface area contributed by atoms with Gasteiger partial charge < -0.3 is 14.8 Å². The van der Waals surface area contributed by atoms with Crippen molar-refractivity contribution in [3.05, 3.63) is 59.2 Å². The molecule has 0 saturated heterocycles. The van der Waals surface area contributed by atoms with Crippen molar-refractivity contribution in [2.75, 3.05) is 14.2 Å². The van der Waals surface area contributed by atoms with Crippen LogP contribution >= 0.6 is 0 Å². The van der Waals surface area contributed by atoms with E-state index in [2.05, 4.69) is 5.32 Å². The number of benzene rings is 2. The summed E-state index contributed by atoms with van der Waals surface area (Å²) < 4.78 is 37.8. The second kappa shape index (κ2) is 7.04. The zero-order valence-corrected chi connectivity index (χ0v) is 12.0. The number of hydrogen-bond acceptors (Lipinski definition) is 3. The summed E-state index contributed by atoms with van der Waals surface area (Å²) >= 11 is 0. The van der Waals surface area contributed by atoms with Crippen LogP contribution < -0.4 is 14.8 Å². The lowest BCUT2D eigenvalue weighted by Crippen LogP contribution is -2.06. The summed E-state index contributed by atoms with van der Waals surface area (Å²) in [6.45, 7) is 0.499. The lowest BCUT2D eigenvalue weighted by molar-refractivity contribution is 0.274. The minimum absolute atomic E-state index is 0.0983. The molecule has 3 nitrogen and oxygen atoms in total. The van der Waals surface area contributed by atoms with Gasteiger partial charge in [0.1, 0.15) is 18.2 Å². The van der Waals surface area contributed by atoms with E-state index < -0.39 is 11.6 Å². The number of hydrogen-bond donors (Lipinski definition) is 1. The summed E-state index contributed by atoms with van der Waals surface area (Å²) in [4.78, 5) is 0. The molecule has 0 heterocycles. The highest BCUT2D eigenvalue weighted by atomic mass is 19.1. The lowest BCUT2D eigenvalue weighted by atomic mass is 10.2. The van der Waals surface area contributed by atoms with Crippen molar-refractivity contribution >= 4 is 0 Å². The summed E-state index contributed by atoms with van der Waals surface area (Å²) in [5.41, 5.74) is 0.928. The van der Waals surface area contributed by atoms with Crippen LogP contribution in [0.25, 0.3) is 0 Å². The molecule has 0 unspecified atom stereocenters. The van der Waals surface area contributed by atoms with Crippen LogP contribution in [-0.2, 0) is 13.2 Å². The van der Waals surface area contributed by atoms with Gasteiger partial charge in [-0.2, -0.15) is 0 Å². The smallest absolute Gasteiger partial charge is 0.161 e. The van der Waals surface area contributed by atoms with Crippen LogP contribution in [0.1, 0.15) is 11.1 Å². The fourth-order valence-corrected chi connectivity index (χ4v) is 1.97. The summed E-state index contributed by atoms with van der Waals surface area (Å²) in [5, 5.41) is 3.03. The number of methoxy groups -OCH3 is 1. The standard InChI is InChI=1S/C16H17F2NO2/c1-19-9-11-6-7-15(16(8-11)20-2)21-10-12-13(17)4-3-5-14(12)18/h3-8,19H,9-10H2,1-2H3. The minimum Gasteiger partial charge on any atom is -0.493 e. The molecule has 0 amide bonds. The number of nitrogens with one attached hydrogen (secondary N) is 1. The van der Waals surface area contributed by atoms with Gasteiger partial charge in [-0.15, -0.1) is 0 Å². The molecule has 0 bridgehead atoms. The van der Waals surface area contributed by atoms with Gasteiger partial charge in [-0.1, -0.05) is 12.1 Å². The fraction of sp³-hybridized carbons (Fsp3) is 0.250. The third-order valence-electron chi connectivity index (χ3n) is 3.04. The van der Waals surface area contributed by atoms with Crippen LogP contribution in [0.2, 0.25) is 0 Å². The van der Waals surface area contributed by atoms with Crippen molar-refractivity contribution in [2.45, 2.75) is 13.2 Å². The Morgan fingerprint density at radius 2 is 1.76 bits per heavy atom. The maximum absolute atomic E-state index is 13.5. The maximum Gasteiger partial charge on any atom is 0.161 e. The molecular formula is C16H17F2NO2. The van der Waals surface area contributed by atoms with E-state index in [9.17, 15) is 8.78 Å². The van der Waals surface area contributed by atoms with Crippen LogP contribution in [0.3, 0.4) is 0 Å². The highest BCUT2D eigenvalue weighted by molar-refractivity contribution is 5.43. The predicted octanol–water partition coefficient (Wildman–Crippen LogP) is 3.27. The Hall–Kier alpha value is -2.14. The SMILES string of the molecule is CNCc1ccc(OCc2c(F)cccc2F)c(OC)c1. The molecule has 0 fully saturated rings. The highest BCUT2D eigenvalue weighted by Crippen LogP contribution is 2.29. The maximum atomic E-state index is 13.5. The van der Waals surface area contributed by atoms with E-state index in [-0.39, 0.29) is 12.2 Å². The van der Waals surface area contributed by atoms with Gasteiger partial charge in [-0.25, -0.2) is 8.78 Å². The minimum atomic E-state index is -0.624. The molecule has 112 valence electrons. The molecule has 2 aromatic carbocycles. The van der Waals surface area contributed by atoms with E-state index >= 15 is 0 Å². The van der Waals surface area contributed by atoms with Crippen molar-refractivity contribution in [3.63, 3.8) is 0 Å². The van der Waals surface area contributed by atoms with Gasteiger partial charge in [0.2, 0.25) is 0 Å². The van der Waals surface area contributed by atoms with E-state index in [0.717, 1.165) is 5.56 Å². The molecule has 0 atom stereocenters. The van der Waals surface area contributed by atoms with Gasteiger partial charge in [0.25, 0.3) is 0 Å². The Morgan fingerprint density at radius 3 is 2.38 bits per heavy atom. The Labute approximate surface area is 122 Å². The Kier molecular flexibility index (Phi) is 5.11. The van der Waals surface area contributed by atoms with Gasteiger partial charge in [-0.05, 0) is 36.9 Å². The third-order valence-corrected chi connectivity index (χ3v) is 3.04. The molecule has 2 aromatic rings. The van der Waals surface area contributed by atoms with E-state index in [4.69, 9.17) is 9.47 Å². The number of ether oxygens (including phenoxy) is 2. The van der Waals surface area contributed by atoms with Crippen LogP contribution in [0.4, 0.5) is 8.78 Å². The topological polar surface area (TPSA) is 30.5 Å². The second-order valence-corrected chi connectivity index (χ2v) is 4.50. The first-order valence-corrected chi connectivity index (χ1v) is 6.53. The zero-order chi connectivity index (χ0) is 15.2. The predicted molar refractivity (Wildman–Crippen MR) is 76.4 cm³/mol. The molecule has 0 aliphatic carbocycles. The molecule has 0 aromatic heterocycles. The average molecular weight is 293 g/mol. The number of rotatable bonds is 6. The van der Waals surface area contributed by atoms with E-state index in [1.54, 1.807) is 6.07 Å². The van der Waals surface area contributed by atoms with Gasteiger partial charge in [-0.3, -0.25) is 0 Å². The third kappa shape index (κ3) is 3.70. The number of halogens is 2. The van der Waals surface area contributed by atoms with E-state index in [0.29, 0.717) is 18.0 Å². The van der Waals surface area contributed by atoms with Crippen molar-refractivity contribution in [1.29, 1.82) is 0 Å². The summed E-state index contributed by atoms with van der Waals surface area (Å²) in [6.07, 6.45) is 0. The lowest BCUT2D eigenvalue weighted by Gasteiger charge is -2.13. The summed E-state index contributed by atoms with van der Waals surface area (Å²) in [5.74, 6) is -0.277. The average Bonchev–Trinajstić information content (AvgIpc) is 2.48. The molecule has 1 N–H and O–H groups in total. The van der Waals surface area contributed by atoms with Crippen LogP contribution in [0.5, 0.6) is 11.5 Å². The summed E-state index contributed by atoms with van der Waals surface area (Å²) in [6, 6.07) is 9.14. The second-order valence-electron chi connectivity index (χ2n) is 4.50. The first-order valence-electron chi connectivity index (χ1n) is 6.53. The van der Waals surface area contributed by atoms with Gasteiger partial charge in [0, 0.05) is 6.54 Å². The molecule has 2 rings (SSSR count). The van der Waals surface area contributed by atoms with Crippen LogP contribution in [0, 0.1) is 11.6 Å². The Balaban J connectivity index is 2.16. The van der Waals surface area contributed by atoms with E-state index in [1.165, 1.54) is 25.3 Å². The van der Waals surface area contributed by atoms with Crippen LogP contribution in [0.15, 0.2) is 36.4 Å². The quantitative estimate of drug-likeness (QED) is 0.886. The van der Waals surface area contributed by atoms with Gasteiger partial charge in [0.15, 0.2) is 11.5 Å². The largest absolute Gasteiger partial charge is 0.493 e. The molecule has 0 spiro atoms. The van der Waals surface area contributed by atoms with Crippen molar-refractivity contribution < 1.29 is 18.3 Å². The van der Waals surface area contributed by atoms with Crippen molar-refractivity contribution in [2.24, 2.45) is 0 Å².